The number of halogens is 1. The summed E-state index contributed by atoms with van der Waals surface area (Å²) in [5.74, 6) is 0.131. The molecule has 1 amide bonds. The average molecular weight is 270 g/mol. The van der Waals surface area contributed by atoms with Gasteiger partial charge in [0.15, 0.2) is 0 Å². The molecule has 0 spiro atoms. The van der Waals surface area contributed by atoms with Gasteiger partial charge in [-0.2, -0.15) is 0 Å². The smallest absolute Gasteiger partial charge is 0.255 e. The van der Waals surface area contributed by atoms with Gasteiger partial charge in [0.05, 0.1) is 10.6 Å². The molecule has 0 aliphatic heterocycles. The highest BCUT2D eigenvalue weighted by Crippen LogP contribution is 2.25. The van der Waals surface area contributed by atoms with Gasteiger partial charge in [-0.05, 0) is 18.4 Å². The minimum absolute atomic E-state index is 0.00937. The number of nitrogen functional groups attached to an aromatic ring is 1. The van der Waals surface area contributed by atoms with E-state index in [-0.39, 0.29) is 23.2 Å². The summed E-state index contributed by atoms with van der Waals surface area (Å²) in [6.45, 7) is 8.30. The number of hydrogen-bond donors (Lipinski definition) is 1. The number of amides is 1. The first-order valence-electron chi connectivity index (χ1n) is 5.82. The van der Waals surface area contributed by atoms with Gasteiger partial charge in [0.25, 0.3) is 5.91 Å². The van der Waals surface area contributed by atoms with Crippen molar-refractivity contribution >= 4 is 23.3 Å². The van der Waals surface area contributed by atoms with Crippen LogP contribution >= 0.6 is 11.6 Å². The molecule has 1 unspecified atom stereocenters. The number of hydrogen-bond acceptors (Lipinski definition) is 3. The largest absolute Gasteiger partial charge is 0.382 e. The molecule has 0 radical (unpaired) electrons. The standard InChI is InChI=1S/C13H20ClN3O/c1-8(13(2,3)4)17(5)12(18)9-6-10(14)11(15)16-7-9/h6-8H,1-5H3,(H2,15,16). The van der Waals surface area contributed by atoms with Gasteiger partial charge in [0.1, 0.15) is 5.82 Å². The van der Waals surface area contributed by atoms with Crippen molar-refractivity contribution in [3.8, 4) is 0 Å². The molecule has 0 aromatic carbocycles. The van der Waals surface area contributed by atoms with Crippen molar-refractivity contribution in [2.24, 2.45) is 5.41 Å². The summed E-state index contributed by atoms with van der Waals surface area (Å²) >= 11 is 5.87. The Bertz CT molecular complexity index is 454. The number of carbonyl (C=O) groups is 1. The molecule has 1 aromatic heterocycles. The molecule has 0 aliphatic rings. The van der Waals surface area contributed by atoms with Crippen LogP contribution in [0.25, 0.3) is 0 Å². The van der Waals surface area contributed by atoms with Crippen molar-refractivity contribution in [1.29, 1.82) is 0 Å². The van der Waals surface area contributed by atoms with Crippen LogP contribution in [0.5, 0.6) is 0 Å². The number of carbonyl (C=O) groups excluding carboxylic acids is 1. The van der Waals surface area contributed by atoms with Gasteiger partial charge in [-0.25, -0.2) is 4.98 Å². The monoisotopic (exact) mass is 269 g/mol. The van der Waals surface area contributed by atoms with Crippen molar-refractivity contribution in [2.75, 3.05) is 12.8 Å². The molecule has 2 N–H and O–H groups in total. The fourth-order valence-electron chi connectivity index (χ4n) is 1.53. The second-order valence-corrected chi connectivity index (χ2v) is 5.96. The molecule has 18 heavy (non-hydrogen) atoms. The predicted octanol–water partition coefficient (Wildman–Crippen LogP) is 2.82. The fourth-order valence-corrected chi connectivity index (χ4v) is 1.69. The number of nitrogens with zero attached hydrogens (tertiary/aromatic N) is 2. The Morgan fingerprint density at radius 3 is 2.50 bits per heavy atom. The molecule has 100 valence electrons. The zero-order valence-electron chi connectivity index (χ0n) is 11.5. The van der Waals surface area contributed by atoms with Crippen LogP contribution in [0, 0.1) is 5.41 Å². The highest BCUT2D eigenvalue weighted by molar-refractivity contribution is 6.33. The molecular formula is C13H20ClN3O. The number of rotatable bonds is 2. The number of aromatic nitrogens is 1. The molecule has 1 heterocycles. The lowest BCUT2D eigenvalue weighted by Gasteiger charge is -2.35. The van der Waals surface area contributed by atoms with Gasteiger partial charge in [-0.1, -0.05) is 32.4 Å². The van der Waals surface area contributed by atoms with Crippen LogP contribution in [0.3, 0.4) is 0 Å². The highest BCUT2D eigenvalue weighted by Gasteiger charge is 2.27. The maximum absolute atomic E-state index is 12.3. The second kappa shape index (κ2) is 5.14. The predicted molar refractivity (Wildman–Crippen MR) is 74.7 cm³/mol. The molecule has 1 atom stereocenters. The third-order valence-electron chi connectivity index (χ3n) is 3.27. The number of nitrogens with two attached hydrogens (primary N) is 1. The lowest BCUT2D eigenvalue weighted by Crippen LogP contribution is -2.43. The van der Waals surface area contributed by atoms with Gasteiger partial charge in [0, 0.05) is 19.3 Å². The Kier molecular flexibility index (Phi) is 4.22. The summed E-state index contributed by atoms with van der Waals surface area (Å²) in [5, 5.41) is 0.303. The van der Waals surface area contributed by atoms with E-state index in [1.807, 2.05) is 6.92 Å². The summed E-state index contributed by atoms with van der Waals surface area (Å²) in [6, 6.07) is 1.65. The zero-order chi connectivity index (χ0) is 14.1. The van der Waals surface area contributed by atoms with Crippen molar-refractivity contribution in [3.05, 3.63) is 22.8 Å². The average Bonchev–Trinajstić information content (AvgIpc) is 2.28. The minimum atomic E-state index is -0.105. The highest BCUT2D eigenvalue weighted by atomic mass is 35.5. The Morgan fingerprint density at radius 2 is 2.06 bits per heavy atom. The molecule has 0 saturated heterocycles. The molecule has 5 heteroatoms. The maximum atomic E-state index is 12.3. The fraction of sp³-hybridized carbons (Fsp3) is 0.538. The molecular weight excluding hydrogens is 250 g/mol. The Morgan fingerprint density at radius 1 is 1.50 bits per heavy atom. The summed E-state index contributed by atoms with van der Waals surface area (Å²) in [7, 11) is 1.78. The van der Waals surface area contributed by atoms with E-state index in [4.69, 9.17) is 17.3 Å². The van der Waals surface area contributed by atoms with Gasteiger partial charge in [0.2, 0.25) is 0 Å². The van der Waals surface area contributed by atoms with Crippen LogP contribution < -0.4 is 5.73 Å². The van der Waals surface area contributed by atoms with Gasteiger partial charge in [-0.15, -0.1) is 0 Å². The van der Waals surface area contributed by atoms with E-state index in [0.29, 0.717) is 10.6 Å². The Hall–Kier alpha value is -1.29. The lowest BCUT2D eigenvalue weighted by molar-refractivity contribution is 0.0629. The molecule has 0 saturated carbocycles. The lowest BCUT2D eigenvalue weighted by atomic mass is 9.87. The Labute approximate surface area is 113 Å². The van der Waals surface area contributed by atoms with E-state index in [0.717, 1.165) is 0 Å². The van der Waals surface area contributed by atoms with E-state index >= 15 is 0 Å². The molecule has 1 rings (SSSR count). The molecule has 1 aromatic rings. The van der Waals surface area contributed by atoms with Crippen molar-refractivity contribution < 1.29 is 4.79 Å². The van der Waals surface area contributed by atoms with Crippen LogP contribution in [0.4, 0.5) is 5.82 Å². The van der Waals surface area contributed by atoms with Crippen molar-refractivity contribution in [1.82, 2.24) is 9.88 Å². The van der Waals surface area contributed by atoms with Crippen LogP contribution in [-0.2, 0) is 0 Å². The van der Waals surface area contributed by atoms with Gasteiger partial charge >= 0.3 is 0 Å². The van der Waals surface area contributed by atoms with E-state index in [2.05, 4.69) is 25.8 Å². The van der Waals surface area contributed by atoms with Crippen molar-refractivity contribution in [3.63, 3.8) is 0 Å². The normalized spacial score (nSPS) is 13.2. The number of anilines is 1. The Balaban J connectivity index is 2.97. The molecule has 0 bridgehead atoms. The summed E-state index contributed by atoms with van der Waals surface area (Å²) in [4.78, 5) is 17.9. The van der Waals surface area contributed by atoms with Crippen molar-refractivity contribution in [2.45, 2.75) is 33.7 Å². The van der Waals surface area contributed by atoms with E-state index < -0.39 is 0 Å². The second-order valence-electron chi connectivity index (χ2n) is 5.55. The van der Waals surface area contributed by atoms with E-state index in [1.54, 1.807) is 18.0 Å². The zero-order valence-corrected chi connectivity index (χ0v) is 12.2. The molecule has 0 aliphatic carbocycles. The first kappa shape index (κ1) is 14.8. The number of pyridine rings is 1. The van der Waals surface area contributed by atoms with Crippen LogP contribution in [-0.4, -0.2) is 28.9 Å². The third kappa shape index (κ3) is 3.13. The topological polar surface area (TPSA) is 59.2 Å². The SMILES string of the molecule is CC(N(C)C(=O)c1cnc(N)c(Cl)c1)C(C)(C)C. The minimum Gasteiger partial charge on any atom is -0.382 e. The van der Waals surface area contributed by atoms with Gasteiger partial charge < -0.3 is 10.6 Å². The van der Waals surface area contributed by atoms with Crippen LogP contribution in [0.2, 0.25) is 5.02 Å². The molecule has 0 fully saturated rings. The van der Waals surface area contributed by atoms with E-state index in [1.165, 1.54) is 6.20 Å². The first-order chi connectivity index (χ1) is 8.14. The summed E-state index contributed by atoms with van der Waals surface area (Å²) < 4.78 is 0. The summed E-state index contributed by atoms with van der Waals surface area (Å²) in [6.07, 6.45) is 1.45. The quantitative estimate of drug-likeness (QED) is 0.898. The summed E-state index contributed by atoms with van der Waals surface area (Å²) in [5.41, 5.74) is 5.99. The first-order valence-corrected chi connectivity index (χ1v) is 6.20. The van der Waals surface area contributed by atoms with Gasteiger partial charge in [-0.3, -0.25) is 4.79 Å². The third-order valence-corrected chi connectivity index (χ3v) is 3.57. The van der Waals surface area contributed by atoms with Crippen LogP contribution in [0.15, 0.2) is 12.3 Å². The van der Waals surface area contributed by atoms with Crippen LogP contribution in [0.1, 0.15) is 38.1 Å². The maximum Gasteiger partial charge on any atom is 0.255 e. The van der Waals surface area contributed by atoms with E-state index in [9.17, 15) is 4.79 Å². The molecule has 4 nitrogen and oxygen atoms in total.